The molecule has 0 radical (unpaired) electrons. The van der Waals surface area contributed by atoms with E-state index in [0.29, 0.717) is 11.0 Å². The fourth-order valence-electron chi connectivity index (χ4n) is 2.57. The smallest absolute Gasteiger partial charge is 0.321 e. The Morgan fingerprint density at radius 1 is 1.07 bits per heavy atom. The molecule has 1 unspecified atom stereocenters. The minimum Gasteiger partial charge on any atom is -0.497 e. The highest BCUT2D eigenvalue weighted by Crippen LogP contribution is 2.30. The number of hydrogen-bond acceptors (Lipinski definition) is 6. The summed E-state index contributed by atoms with van der Waals surface area (Å²) in [5, 5.41) is 13.3. The zero-order chi connectivity index (χ0) is 20.8. The van der Waals surface area contributed by atoms with E-state index < -0.39 is 17.2 Å². The van der Waals surface area contributed by atoms with E-state index in [2.05, 4.69) is 20.8 Å². The minimum absolute atomic E-state index is 0.414. The Hall–Kier alpha value is -3.33. The quantitative estimate of drug-likeness (QED) is 0.605. The summed E-state index contributed by atoms with van der Waals surface area (Å²) < 4.78 is 7.11. The molecule has 0 aliphatic heterocycles. The van der Waals surface area contributed by atoms with E-state index in [1.165, 1.54) is 18.8 Å². The molecule has 1 aromatic heterocycles. The number of amides is 3. The number of nitrogens with zero attached hydrogens (tertiary/aromatic N) is 3. The standard InChI is InChI=1S/C20H21N5O3S/c1-13(18(26)22-19(27)21-2)29-20-24-23-17(14-9-11-16(28-3)12-10-14)25(20)15-7-5-4-6-8-15/h4-13H,1-3H3,(H2,21,22,26,27). The average Bonchev–Trinajstić information content (AvgIpc) is 3.17. The Morgan fingerprint density at radius 2 is 1.76 bits per heavy atom. The molecule has 3 amide bonds. The number of ether oxygens (including phenoxy) is 1. The third-order valence-electron chi connectivity index (χ3n) is 4.11. The van der Waals surface area contributed by atoms with Crippen molar-refractivity contribution in [3.05, 3.63) is 54.6 Å². The van der Waals surface area contributed by atoms with Crippen molar-refractivity contribution in [2.45, 2.75) is 17.3 Å². The van der Waals surface area contributed by atoms with Crippen molar-refractivity contribution in [1.29, 1.82) is 0 Å². The number of urea groups is 1. The second kappa shape index (κ2) is 9.24. The van der Waals surface area contributed by atoms with Gasteiger partial charge in [-0.3, -0.25) is 14.7 Å². The molecule has 3 aromatic rings. The Balaban J connectivity index is 1.96. The van der Waals surface area contributed by atoms with Gasteiger partial charge in [0.05, 0.1) is 12.4 Å². The van der Waals surface area contributed by atoms with Crippen molar-refractivity contribution < 1.29 is 14.3 Å². The summed E-state index contributed by atoms with van der Waals surface area (Å²) >= 11 is 1.22. The molecule has 2 N–H and O–H groups in total. The van der Waals surface area contributed by atoms with Gasteiger partial charge in [0.15, 0.2) is 11.0 Å². The van der Waals surface area contributed by atoms with Crippen molar-refractivity contribution in [3.8, 4) is 22.8 Å². The number of benzene rings is 2. The van der Waals surface area contributed by atoms with Gasteiger partial charge in [-0.2, -0.15) is 0 Å². The Kier molecular flexibility index (Phi) is 6.50. The Labute approximate surface area is 172 Å². The first-order chi connectivity index (χ1) is 14.0. The molecule has 29 heavy (non-hydrogen) atoms. The van der Waals surface area contributed by atoms with Gasteiger partial charge in [-0.05, 0) is 43.3 Å². The highest BCUT2D eigenvalue weighted by atomic mass is 32.2. The third-order valence-corrected chi connectivity index (χ3v) is 5.15. The molecular weight excluding hydrogens is 390 g/mol. The van der Waals surface area contributed by atoms with Crippen molar-refractivity contribution >= 4 is 23.7 Å². The van der Waals surface area contributed by atoms with E-state index in [1.807, 2.05) is 59.2 Å². The van der Waals surface area contributed by atoms with Crippen LogP contribution < -0.4 is 15.4 Å². The number of hydrogen-bond donors (Lipinski definition) is 2. The summed E-state index contributed by atoms with van der Waals surface area (Å²) in [5.74, 6) is 0.969. The molecule has 1 heterocycles. The van der Waals surface area contributed by atoms with E-state index in [-0.39, 0.29) is 0 Å². The van der Waals surface area contributed by atoms with E-state index in [4.69, 9.17) is 4.74 Å². The zero-order valence-electron chi connectivity index (χ0n) is 16.2. The lowest BCUT2D eigenvalue weighted by atomic mass is 10.2. The second-order valence-electron chi connectivity index (χ2n) is 6.03. The van der Waals surface area contributed by atoms with Gasteiger partial charge in [0.25, 0.3) is 0 Å². The third kappa shape index (κ3) is 4.75. The van der Waals surface area contributed by atoms with Gasteiger partial charge in [0, 0.05) is 18.3 Å². The van der Waals surface area contributed by atoms with Gasteiger partial charge >= 0.3 is 6.03 Å². The van der Waals surface area contributed by atoms with E-state index >= 15 is 0 Å². The highest BCUT2D eigenvalue weighted by Gasteiger charge is 2.22. The number of methoxy groups -OCH3 is 1. The lowest BCUT2D eigenvalue weighted by Crippen LogP contribution is -2.41. The van der Waals surface area contributed by atoms with Crippen LogP contribution in [0.25, 0.3) is 17.1 Å². The molecule has 2 aromatic carbocycles. The molecule has 0 spiro atoms. The molecule has 0 fully saturated rings. The summed E-state index contributed by atoms with van der Waals surface area (Å²) in [5.41, 5.74) is 1.72. The molecule has 0 bridgehead atoms. The number of para-hydroxylation sites is 1. The summed E-state index contributed by atoms with van der Waals surface area (Å²) in [6, 6.07) is 16.6. The van der Waals surface area contributed by atoms with Crippen molar-refractivity contribution in [1.82, 2.24) is 25.4 Å². The molecule has 0 aliphatic carbocycles. The van der Waals surface area contributed by atoms with Gasteiger partial charge in [-0.25, -0.2) is 4.79 Å². The van der Waals surface area contributed by atoms with Crippen LogP contribution >= 0.6 is 11.8 Å². The maximum atomic E-state index is 12.2. The van der Waals surface area contributed by atoms with Crippen LogP contribution in [0.1, 0.15) is 6.92 Å². The number of thioether (sulfide) groups is 1. The van der Waals surface area contributed by atoms with Crippen LogP contribution in [0.3, 0.4) is 0 Å². The molecule has 1 atom stereocenters. The van der Waals surface area contributed by atoms with Crippen molar-refractivity contribution in [2.24, 2.45) is 0 Å². The van der Waals surface area contributed by atoms with Crippen LogP contribution in [-0.4, -0.2) is 46.1 Å². The maximum absolute atomic E-state index is 12.2. The minimum atomic E-state index is -0.553. The molecule has 150 valence electrons. The fraction of sp³-hybridized carbons (Fsp3) is 0.200. The Morgan fingerprint density at radius 3 is 2.38 bits per heavy atom. The van der Waals surface area contributed by atoms with Crippen LogP contribution in [0.5, 0.6) is 5.75 Å². The SMILES string of the molecule is CNC(=O)NC(=O)C(C)Sc1nnc(-c2ccc(OC)cc2)n1-c1ccccc1. The van der Waals surface area contributed by atoms with Crippen LogP contribution in [0.4, 0.5) is 4.79 Å². The van der Waals surface area contributed by atoms with Gasteiger partial charge in [0.1, 0.15) is 5.75 Å². The predicted molar refractivity (Wildman–Crippen MR) is 111 cm³/mol. The van der Waals surface area contributed by atoms with E-state index in [0.717, 1.165) is 17.0 Å². The summed E-state index contributed by atoms with van der Waals surface area (Å²) in [6.45, 7) is 1.71. The van der Waals surface area contributed by atoms with Crippen LogP contribution in [0.2, 0.25) is 0 Å². The van der Waals surface area contributed by atoms with Gasteiger partial charge in [0.2, 0.25) is 5.91 Å². The number of aromatic nitrogens is 3. The lowest BCUT2D eigenvalue weighted by Gasteiger charge is -2.13. The topological polar surface area (TPSA) is 98.1 Å². The Bertz CT molecular complexity index is 989. The summed E-state index contributed by atoms with van der Waals surface area (Å²) in [6.07, 6.45) is 0. The van der Waals surface area contributed by atoms with Gasteiger partial charge < -0.3 is 10.1 Å². The van der Waals surface area contributed by atoms with Gasteiger partial charge in [-0.15, -0.1) is 10.2 Å². The highest BCUT2D eigenvalue weighted by molar-refractivity contribution is 8.00. The fourth-order valence-corrected chi connectivity index (χ4v) is 3.44. The van der Waals surface area contributed by atoms with E-state index in [9.17, 15) is 9.59 Å². The average molecular weight is 411 g/mol. The van der Waals surface area contributed by atoms with Gasteiger partial charge in [-0.1, -0.05) is 30.0 Å². The lowest BCUT2D eigenvalue weighted by molar-refractivity contribution is -0.119. The number of carbonyl (C=O) groups excluding carboxylic acids is 2. The molecular formula is C20H21N5O3S. The molecule has 0 saturated carbocycles. The van der Waals surface area contributed by atoms with Crippen LogP contribution in [0.15, 0.2) is 59.8 Å². The number of rotatable bonds is 6. The zero-order valence-corrected chi connectivity index (χ0v) is 17.1. The molecule has 8 nitrogen and oxygen atoms in total. The monoisotopic (exact) mass is 411 g/mol. The van der Waals surface area contributed by atoms with E-state index in [1.54, 1.807) is 14.0 Å². The molecule has 0 aliphatic rings. The molecule has 9 heteroatoms. The first-order valence-corrected chi connectivity index (χ1v) is 9.76. The van der Waals surface area contributed by atoms with Crippen molar-refractivity contribution in [3.63, 3.8) is 0 Å². The van der Waals surface area contributed by atoms with Crippen molar-refractivity contribution in [2.75, 3.05) is 14.2 Å². The van der Waals surface area contributed by atoms with Crippen LogP contribution in [0, 0.1) is 0 Å². The summed E-state index contributed by atoms with van der Waals surface area (Å²) in [7, 11) is 3.06. The number of imide groups is 1. The number of nitrogens with one attached hydrogen (secondary N) is 2. The number of carbonyl (C=O) groups is 2. The first kappa shape index (κ1) is 20.4. The molecule has 0 saturated heterocycles. The summed E-state index contributed by atoms with van der Waals surface area (Å²) in [4.78, 5) is 23.7. The largest absolute Gasteiger partial charge is 0.497 e. The first-order valence-electron chi connectivity index (χ1n) is 8.88. The second-order valence-corrected chi connectivity index (χ2v) is 7.34. The maximum Gasteiger partial charge on any atom is 0.321 e. The normalized spacial score (nSPS) is 11.6. The van der Waals surface area contributed by atoms with Crippen LogP contribution in [-0.2, 0) is 4.79 Å². The predicted octanol–water partition coefficient (Wildman–Crippen LogP) is 2.88. The molecule has 3 rings (SSSR count).